The number of Topliss-reactive ketones (excluding diaryl/α,β-unsaturated/α-hetero) is 1. The van der Waals surface area contributed by atoms with Crippen LogP contribution in [0.1, 0.15) is 62.1 Å². The van der Waals surface area contributed by atoms with Crippen LogP contribution in [0.25, 0.3) is 0 Å². The summed E-state index contributed by atoms with van der Waals surface area (Å²) in [4.78, 5) is 13.1. The smallest absolute Gasteiger partial charge is 0.299 e. The summed E-state index contributed by atoms with van der Waals surface area (Å²) in [5.41, 5.74) is -3.66. The van der Waals surface area contributed by atoms with Crippen LogP contribution in [0.2, 0.25) is 0 Å². The number of sulfone groups is 2. The zero-order chi connectivity index (χ0) is 30.0. The molecule has 1 heterocycles. The van der Waals surface area contributed by atoms with Crippen molar-refractivity contribution in [1.82, 2.24) is 0 Å². The molecule has 0 spiro atoms. The molecule has 1 saturated carbocycles. The third kappa shape index (κ3) is 5.02. The first-order chi connectivity index (χ1) is 19.0. The molecule has 12 heteroatoms. The van der Waals surface area contributed by atoms with E-state index >= 15 is 0 Å². The minimum Gasteiger partial charge on any atom is -0.299 e. The maximum atomic E-state index is 14.9. The average Bonchev–Trinajstić information content (AvgIpc) is 3.28. The van der Waals surface area contributed by atoms with Crippen molar-refractivity contribution in [3.05, 3.63) is 65.0 Å². The van der Waals surface area contributed by atoms with Crippen LogP contribution in [0.4, 0.5) is 22.0 Å². The Morgan fingerprint density at radius 1 is 0.976 bits per heavy atom. The molecule has 2 aliphatic carbocycles. The fraction of sp³-hybridized carbons (Fsp3) is 0.552. The Bertz CT molecular complexity index is 1550. The van der Waals surface area contributed by atoms with E-state index in [1.54, 1.807) is 0 Å². The molecule has 1 unspecified atom stereocenters. The Morgan fingerprint density at radius 3 is 2.22 bits per heavy atom. The molecule has 2 fully saturated rings. The minimum absolute atomic E-state index is 0.0679. The molecule has 1 saturated heterocycles. The molecule has 0 aromatic heterocycles. The van der Waals surface area contributed by atoms with Gasteiger partial charge in [-0.2, -0.15) is 13.2 Å². The highest BCUT2D eigenvalue weighted by atomic mass is 32.2. The van der Waals surface area contributed by atoms with Crippen LogP contribution in [-0.4, -0.2) is 40.3 Å². The van der Waals surface area contributed by atoms with Crippen LogP contribution in [-0.2, 0) is 41.3 Å². The first-order valence-electron chi connectivity index (χ1n) is 13.6. The molecule has 1 aliphatic heterocycles. The predicted octanol–water partition coefficient (Wildman–Crippen LogP) is 6.00. The summed E-state index contributed by atoms with van der Waals surface area (Å²) in [5.74, 6) is -2.23. The summed E-state index contributed by atoms with van der Waals surface area (Å²) in [5, 5.41) is 0. The van der Waals surface area contributed by atoms with Crippen LogP contribution in [0, 0.1) is 23.6 Å². The standard InChI is InChI=1S/C29H31F5O5S2/c1-27(31,29(32,33)34)21-3-9-25-19(16-21)2-8-24-20(17-26(35)18-11-14-40(36,37)15-12-18)10-13-28(24,25)41(38,39)23-6-4-22(30)5-7-23/h3-7,9,16,18,20,24H,2,8,10-15,17H2,1H3/t20-,24-,27?,28-/m0/s1. The largest absolute Gasteiger partial charge is 0.426 e. The van der Waals surface area contributed by atoms with Gasteiger partial charge in [-0.05, 0) is 98.2 Å². The number of rotatable bonds is 6. The molecular formula is C29H31F5O5S2. The van der Waals surface area contributed by atoms with E-state index in [1.807, 2.05) is 0 Å². The Labute approximate surface area is 236 Å². The van der Waals surface area contributed by atoms with Crippen LogP contribution in [0.3, 0.4) is 0 Å². The highest BCUT2D eigenvalue weighted by Gasteiger charge is 2.61. The lowest BCUT2D eigenvalue weighted by atomic mass is 9.71. The van der Waals surface area contributed by atoms with Crippen LogP contribution in [0.15, 0.2) is 47.4 Å². The number of ketones is 1. The van der Waals surface area contributed by atoms with Crippen LogP contribution >= 0.6 is 0 Å². The molecule has 0 radical (unpaired) electrons. The van der Waals surface area contributed by atoms with Crippen molar-refractivity contribution in [2.24, 2.45) is 17.8 Å². The number of aryl methyl sites for hydroxylation is 1. The number of alkyl halides is 4. The quantitative estimate of drug-likeness (QED) is 0.293. The predicted molar refractivity (Wildman–Crippen MR) is 142 cm³/mol. The second kappa shape index (κ2) is 10.1. The van der Waals surface area contributed by atoms with Crippen molar-refractivity contribution in [1.29, 1.82) is 0 Å². The topological polar surface area (TPSA) is 85.3 Å². The second-order valence-electron chi connectivity index (χ2n) is 11.8. The zero-order valence-electron chi connectivity index (χ0n) is 22.4. The number of carbonyl (C=O) groups excluding carboxylic acids is 1. The molecular weight excluding hydrogens is 587 g/mol. The number of halogens is 5. The molecule has 5 nitrogen and oxygen atoms in total. The molecule has 2 aromatic carbocycles. The maximum absolute atomic E-state index is 14.9. The van der Waals surface area contributed by atoms with E-state index in [-0.39, 0.29) is 66.6 Å². The van der Waals surface area contributed by atoms with Gasteiger partial charge in [0.15, 0.2) is 9.84 Å². The van der Waals surface area contributed by atoms with Gasteiger partial charge in [-0.15, -0.1) is 0 Å². The van der Waals surface area contributed by atoms with Gasteiger partial charge < -0.3 is 0 Å². The van der Waals surface area contributed by atoms with Crippen LogP contribution in [0.5, 0.6) is 0 Å². The third-order valence-corrected chi connectivity index (χ3v) is 13.8. The normalized spacial score (nSPS) is 28.0. The number of carbonyl (C=O) groups is 1. The van der Waals surface area contributed by atoms with E-state index in [4.69, 9.17) is 0 Å². The Morgan fingerprint density at radius 2 is 1.61 bits per heavy atom. The third-order valence-electron chi connectivity index (χ3n) is 9.49. The van der Waals surface area contributed by atoms with Crippen LogP contribution < -0.4 is 0 Å². The van der Waals surface area contributed by atoms with Gasteiger partial charge in [0.1, 0.15) is 26.2 Å². The summed E-state index contributed by atoms with van der Waals surface area (Å²) < 4.78 is 120. The van der Waals surface area contributed by atoms with E-state index in [9.17, 15) is 43.6 Å². The van der Waals surface area contributed by atoms with Crippen molar-refractivity contribution < 1.29 is 43.6 Å². The highest BCUT2D eigenvalue weighted by molar-refractivity contribution is 7.92. The average molecular weight is 619 g/mol. The molecule has 4 atom stereocenters. The number of hydrogen-bond acceptors (Lipinski definition) is 5. The highest BCUT2D eigenvalue weighted by Crippen LogP contribution is 2.60. The van der Waals surface area contributed by atoms with Crippen molar-refractivity contribution >= 4 is 25.5 Å². The molecule has 224 valence electrons. The number of fused-ring (bicyclic) bond motifs is 3. The molecule has 0 amide bonds. The Hall–Kier alpha value is -2.34. The lowest BCUT2D eigenvalue weighted by Gasteiger charge is -2.43. The Balaban J connectivity index is 1.56. The molecule has 0 bridgehead atoms. The lowest BCUT2D eigenvalue weighted by Crippen LogP contribution is -2.45. The number of hydrogen-bond donors (Lipinski definition) is 0. The fourth-order valence-electron chi connectivity index (χ4n) is 7.13. The second-order valence-corrected chi connectivity index (χ2v) is 16.3. The van der Waals surface area contributed by atoms with Gasteiger partial charge in [0.05, 0.1) is 16.4 Å². The van der Waals surface area contributed by atoms with Crippen molar-refractivity contribution in [3.8, 4) is 0 Å². The summed E-state index contributed by atoms with van der Waals surface area (Å²) in [7, 11) is -7.42. The van der Waals surface area contributed by atoms with Gasteiger partial charge >= 0.3 is 6.18 Å². The summed E-state index contributed by atoms with van der Waals surface area (Å²) in [6.45, 7) is 0.430. The fourth-order valence-corrected chi connectivity index (χ4v) is 11.1. The number of benzene rings is 2. The zero-order valence-corrected chi connectivity index (χ0v) is 24.0. The maximum Gasteiger partial charge on any atom is 0.426 e. The van der Waals surface area contributed by atoms with Crippen molar-refractivity contribution in [2.45, 2.75) is 73.4 Å². The SMILES string of the molecule is CC(F)(c1ccc2c(c1)CC[C@H]1[C@H](CC(=O)C3CCS(=O)(=O)CC3)CC[C@@]21S(=O)(=O)c1ccc(F)cc1)C(F)(F)F. The van der Waals surface area contributed by atoms with E-state index in [1.165, 1.54) is 6.07 Å². The van der Waals surface area contributed by atoms with Gasteiger partial charge in [-0.25, -0.2) is 25.6 Å². The van der Waals surface area contributed by atoms with Gasteiger partial charge in [0.2, 0.25) is 5.67 Å². The van der Waals surface area contributed by atoms with Crippen molar-refractivity contribution in [3.63, 3.8) is 0 Å². The monoisotopic (exact) mass is 618 g/mol. The molecule has 0 N–H and O–H groups in total. The van der Waals surface area contributed by atoms with Gasteiger partial charge in [-0.3, -0.25) is 4.79 Å². The lowest BCUT2D eigenvalue weighted by molar-refractivity contribution is -0.228. The van der Waals surface area contributed by atoms with E-state index in [0.29, 0.717) is 24.5 Å². The van der Waals surface area contributed by atoms with Crippen molar-refractivity contribution in [2.75, 3.05) is 11.5 Å². The Kier molecular flexibility index (Phi) is 7.45. The molecule has 5 rings (SSSR count). The van der Waals surface area contributed by atoms with E-state index < -0.39 is 59.5 Å². The van der Waals surface area contributed by atoms with Gasteiger partial charge in [0, 0.05) is 12.3 Å². The van der Waals surface area contributed by atoms with E-state index in [0.717, 1.165) is 36.4 Å². The van der Waals surface area contributed by atoms with Gasteiger partial charge in [-0.1, -0.05) is 18.2 Å². The van der Waals surface area contributed by atoms with E-state index in [2.05, 4.69) is 0 Å². The molecule has 41 heavy (non-hydrogen) atoms. The summed E-state index contributed by atoms with van der Waals surface area (Å²) >= 11 is 0. The summed E-state index contributed by atoms with van der Waals surface area (Å²) in [6, 6.07) is 7.72. The molecule has 2 aromatic rings. The first-order valence-corrected chi connectivity index (χ1v) is 16.9. The minimum atomic E-state index is -5.17. The first kappa shape index (κ1) is 30.1. The summed E-state index contributed by atoms with van der Waals surface area (Å²) in [6.07, 6.45) is -3.75. The molecule has 3 aliphatic rings. The van der Waals surface area contributed by atoms with Gasteiger partial charge in [0.25, 0.3) is 0 Å².